The standard InChI is InChI=1S/C19H30N2/c1-18(2,3)11-12-21-16(14-20-19(4,5)6)13-15-9-7-8-10-17(15)21/h7-10,13,20H,11-12,14H2,1-6H3. The van der Waals surface area contributed by atoms with Crippen LogP contribution in [-0.4, -0.2) is 10.1 Å². The third-order valence-corrected chi connectivity index (χ3v) is 3.78. The van der Waals surface area contributed by atoms with Gasteiger partial charge in [-0.3, -0.25) is 0 Å². The molecule has 2 aromatic rings. The largest absolute Gasteiger partial charge is 0.343 e. The van der Waals surface area contributed by atoms with Crippen molar-refractivity contribution in [3.63, 3.8) is 0 Å². The number of hydrogen-bond acceptors (Lipinski definition) is 1. The lowest BCUT2D eigenvalue weighted by molar-refractivity contribution is 0.347. The molecule has 0 aliphatic heterocycles. The smallest absolute Gasteiger partial charge is 0.0482 e. The quantitative estimate of drug-likeness (QED) is 0.840. The number of aryl methyl sites for hydroxylation is 1. The zero-order valence-electron chi connectivity index (χ0n) is 14.5. The van der Waals surface area contributed by atoms with Crippen molar-refractivity contribution in [3.05, 3.63) is 36.0 Å². The molecule has 1 N–H and O–H groups in total. The van der Waals surface area contributed by atoms with E-state index in [2.05, 4.69) is 81.8 Å². The van der Waals surface area contributed by atoms with Crippen molar-refractivity contribution >= 4 is 10.9 Å². The highest BCUT2D eigenvalue weighted by atomic mass is 15.0. The minimum Gasteiger partial charge on any atom is -0.343 e. The maximum Gasteiger partial charge on any atom is 0.0482 e. The molecule has 0 aliphatic rings. The Hall–Kier alpha value is -1.28. The van der Waals surface area contributed by atoms with E-state index in [9.17, 15) is 0 Å². The maximum absolute atomic E-state index is 3.62. The first-order chi connectivity index (χ1) is 9.66. The third kappa shape index (κ3) is 4.60. The van der Waals surface area contributed by atoms with Gasteiger partial charge in [-0.05, 0) is 50.1 Å². The number of hydrogen-bond donors (Lipinski definition) is 1. The third-order valence-electron chi connectivity index (χ3n) is 3.78. The van der Waals surface area contributed by atoms with Crippen molar-refractivity contribution in [2.75, 3.05) is 0 Å². The minimum absolute atomic E-state index is 0.144. The van der Waals surface area contributed by atoms with Gasteiger partial charge in [-0.15, -0.1) is 0 Å². The molecule has 0 aliphatic carbocycles. The second kappa shape index (κ2) is 5.84. The van der Waals surface area contributed by atoms with Gasteiger partial charge in [0.15, 0.2) is 0 Å². The SMILES string of the molecule is CC(C)(C)CCn1c(CNC(C)(C)C)cc2ccccc21. The number of rotatable bonds is 4. The van der Waals surface area contributed by atoms with E-state index in [0.717, 1.165) is 13.1 Å². The van der Waals surface area contributed by atoms with E-state index < -0.39 is 0 Å². The maximum atomic E-state index is 3.62. The van der Waals surface area contributed by atoms with E-state index in [1.54, 1.807) is 0 Å². The molecule has 0 bridgehead atoms. The zero-order chi connectivity index (χ0) is 15.7. The van der Waals surface area contributed by atoms with Gasteiger partial charge in [0.2, 0.25) is 0 Å². The molecule has 0 radical (unpaired) electrons. The topological polar surface area (TPSA) is 17.0 Å². The summed E-state index contributed by atoms with van der Waals surface area (Å²) in [6, 6.07) is 11.0. The molecule has 0 atom stereocenters. The minimum atomic E-state index is 0.144. The van der Waals surface area contributed by atoms with Crippen LogP contribution in [0.1, 0.15) is 53.7 Å². The summed E-state index contributed by atoms with van der Waals surface area (Å²) in [5, 5.41) is 4.96. The van der Waals surface area contributed by atoms with Crippen molar-refractivity contribution in [3.8, 4) is 0 Å². The molecule has 1 aromatic heterocycles. The normalized spacial score (nSPS) is 13.0. The first-order valence-corrected chi connectivity index (χ1v) is 7.98. The lowest BCUT2D eigenvalue weighted by Gasteiger charge is -2.23. The number of nitrogens with one attached hydrogen (secondary N) is 1. The van der Waals surface area contributed by atoms with Crippen LogP contribution in [0, 0.1) is 5.41 Å². The summed E-state index contributed by atoms with van der Waals surface area (Å²) in [5.74, 6) is 0. The number of aromatic nitrogens is 1. The fourth-order valence-electron chi connectivity index (χ4n) is 2.48. The van der Waals surface area contributed by atoms with Crippen LogP contribution in [0.2, 0.25) is 0 Å². The van der Waals surface area contributed by atoms with Crippen molar-refractivity contribution in [1.29, 1.82) is 0 Å². The lowest BCUT2D eigenvalue weighted by atomic mass is 9.92. The van der Waals surface area contributed by atoms with E-state index in [4.69, 9.17) is 0 Å². The van der Waals surface area contributed by atoms with Gasteiger partial charge in [-0.1, -0.05) is 39.0 Å². The Kier molecular flexibility index (Phi) is 4.48. The Morgan fingerprint density at radius 2 is 1.67 bits per heavy atom. The van der Waals surface area contributed by atoms with Crippen LogP contribution in [0.15, 0.2) is 30.3 Å². The Morgan fingerprint density at radius 1 is 1.00 bits per heavy atom. The summed E-state index contributed by atoms with van der Waals surface area (Å²) >= 11 is 0. The van der Waals surface area contributed by atoms with E-state index in [0.29, 0.717) is 5.41 Å². The van der Waals surface area contributed by atoms with E-state index in [-0.39, 0.29) is 5.54 Å². The van der Waals surface area contributed by atoms with Crippen LogP contribution in [0.4, 0.5) is 0 Å². The molecular formula is C19H30N2. The summed E-state index contributed by atoms with van der Waals surface area (Å²) in [4.78, 5) is 0. The van der Waals surface area contributed by atoms with Gasteiger partial charge in [0.1, 0.15) is 0 Å². The predicted molar refractivity (Wildman–Crippen MR) is 92.6 cm³/mol. The van der Waals surface area contributed by atoms with E-state index in [1.165, 1.54) is 23.0 Å². The van der Waals surface area contributed by atoms with Gasteiger partial charge in [0.05, 0.1) is 0 Å². The molecule has 0 amide bonds. The molecule has 0 saturated carbocycles. The van der Waals surface area contributed by atoms with Crippen molar-refractivity contribution in [2.45, 2.75) is 66.6 Å². The Morgan fingerprint density at radius 3 is 2.29 bits per heavy atom. The lowest BCUT2D eigenvalue weighted by Crippen LogP contribution is -2.35. The van der Waals surface area contributed by atoms with Gasteiger partial charge < -0.3 is 9.88 Å². The monoisotopic (exact) mass is 286 g/mol. The second-order valence-corrected chi connectivity index (χ2v) is 8.26. The molecule has 0 saturated heterocycles. The van der Waals surface area contributed by atoms with Gasteiger partial charge in [0, 0.05) is 29.8 Å². The summed E-state index contributed by atoms with van der Waals surface area (Å²) in [7, 11) is 0. The van der Waals surface area contributed by atoms with Crippen molar-refractivity contribution in [1.82, 2.24) is 9.88 Å². The fraction of sp³-hybridized carbons (Fsp3) is 0.579. The summed E-state index contributed by atoms with van der Waals surface area (Å²) in [5.41, 5.74) is 3.24. The molecule has 21 heavy (non-hydrogen) atoms. The van der Waals surface area contributed by atoms with Gasteiger partial charge in [-0.2, -0.15) is 0 Å². The van der Waals surface area contributed by atoms with Crippen LogP contribution in [0.3, 0.4) is 0 Å². The van der Waals surface area contributed by atoms with Gasteiger partial charge in [0.25, 0.3) is 0 Å². The first-order valence-electron chi connectivity index (χ1n) is 7.98. The van der Waals surface area contributed by atoms with Crippen LogP contribution in [0.25, 0.3) is 10.9 Å². The molecular weight excluding hydrogens is 256 g/mol. The first kappa shape index (κ1) is 16.1. The van der Waals surface area contributed by atoms with Crippen molar-refractivity contribution < 1.29 is 0 Å². The number of fused-ring (bicyclic) bond motifs is 1. The molecule has 1 aromatic carbocycles. The average molecular weight is 286 g/mol. The summed E-state index contributed by atoms with van der Waals surface area (Å²) in [6.07, 6.45) is 1.19. The van der Waals surface area contributed by atoms with Crippen LogP contribution >= 0.6 is 0 Å². The van der Waals surface area contributed by atoms with Crippen LogP contribution in [-0.2, 0) is 13.1 Å². The molecule has 0 spiro atoms. The fourth-order valence-corrected chi connectivity index (χ4v) is 2.48. The Balaban J connectivity index is 2.29. The van der Waals surface area contributed by atoms with Crippen LogP contribution in [0.5, 0.6) is 0 Å². The number of para-hydroxylation sites is 1. The number of nitrogens with zero attached hydrogens (tertiary/aromatic N) is 1. The summed E-state index contributed by atoms with van der Waals surface area (Å²) in [6.45, 7) is 15.6. The molecule has 0 fully saturated rings. The van der Waals surface area contributed by atoms with Gasteiger partial charge >= 0.3 is 0 Å². The summed E-state index contributed by atoms with van der Waals surface area (Å²) < 4.78 is 2.49. The molecule has 0 unspecified atom stereocenters. The molecule has 1 heterocycles. The van der Waals surface area contributed by atoms with E-state index >= 15 is 0 Å². The average Bonchev–Trinajstić information content (AvgIpc) is 2.70. The van der Waals surface area contributed by atoms with Gasteiger partial charge in [-0.25, -0.2) is 0 Å². The molecule has 2 nitrogen and oxygen atoms in total. The second-order valence-electron chi connectivity index (χ2n) is 8.26. The Bertz CT molecular complexity index is 594. The molecule has 116 valence electrons. The van der Waals surface area contributed by atoms with E-state index in [1.807, 2.05) is 0 Å². The number of benzene rings is 1. The molecule has 2 rings (SSSR count). The highest BCUT2D eigenvalue weighted by Crippen LogP contribution is 2.25. The van der Waals surface area contributed by atoms with Crippen LogP contribution < -0.4 is 5.32 Å². The molecule has 2 heteroatoms. The Labute approximate surface area is 129 Å². The van der Waals surface area contributed by atoms with Crippen molar-refractivity contribution in [2.24, 2.45) is 5.41 Å². The highest BCUT2D eigenvalue weighted by molar-refractivity contribution is 5.81. The zero-order valence-corrected chi connectivity index (χ0v) is 14.5. The predicted octanol–water partition coefficient (Wildman–Crippen LogP) is 4.97. The highest BCUT2D eigenvalue weighted by Gasteiger charge is 2.15.